The smallest absolute Gasteiger partial charge is 0.330 e. The van der Waals surface area contributed by atoms with Crippen molar-refractivity contribution in [1.82, 2.24) is 9.55 Å². The first-order valence-electron chi connectivity index (χ1n) is 12.1. The van der Waals surface area contributed by atoms with Gasteiger partial charge in [-0.2, -0.15) is 0 Å². The molecule has 2 aromatic carbocycles. The fourth-order valence-corrected chi connectivity index (χ4v) is 4.00. The standard InChI is InChI=1S/C27H33N5O4/c1-4-5-15-32-25(28)23(26(35)30-27(32)36)31(16-18(2)3)17-22(33)29-21-14-10-9-13-20(21)24(34)19-11-7-6-8-12-19/h6-14,18H,4-5,15-17,28H2,1-3H3,(H,29,33)(H,30,35,36). The number of nitrogens with zero attached hydrogens (tertiary/aromatic N) is 2. The van der Waals surface area contributed by atoms with Gasteiger partial charge in [0.05, 0.1) is 12.2 Å². The summed E-state index contributed by atoms with van der Waals surface area (Å²) >= 11 is 0. The van der Waals surface area contributed by atoms with Crippen LogP contribution in [-0.4, -0.2) is 34.3 Å². The number of rotatable bonds is 11. The number of nitrogens with one attached hydrogen (secondary N) is 2. The van der Waals surface area contributed by atoms with Crippen LogP contribution < -0.4 is 27.2 Å². The molecule has 190 valence electrons. The van der Waals surface area contributed by atoms with E-state index in [1.807, 2.05) is 26.8 Å². The van der Waals surface area contributed by atoms with Gasteiger partial charge in [-0.15, -0.1) is 0 Å². The Kier molecular flexibility index (Phi) is 8.83. The third kappa shape index (κ3) is 6.29. The second kappa shape index (κ2) is 12.0. The highest BCUT2D eigenvalue weighted by Gasteiger charge is 2.23. The highest BCUT2D eigenvalue weighted by Crippen LogP contribution is 2.21. The molecule has 3 rings (SSSR count). The van der Waals surface area contributed by atoms with Crippen molar-refractivity contribution < 1.29 is 9.59 Å². The Morgan fingerprint density at radius 3 is 2.39 bits per heavy atom. The quantitative estimate of drug-likeness (QED) is 0.353. The summed E-state index contributed by atoms with van der Waals surface area (Å²) in [4.78, 5) is 55.2. The first-order valence-corrected chi connectivity index (χ1v) is 12.1. The van der Waals surface area contributed by atoms with Crippen molar-refractivity contribution in [3.8, 4) is 0 Å². The number of benzene rings is 2. The van der Waals surface area contributed by atoms with E-state index in [-0.39, 0.29) is 29.8 Å². The van der Waals surface area contributed by atoms with Gasteiger partial charge in [-0.25, -0.2) is 4.79 Å². The zero-order valence-electron chi connectivity index (χ0n) is 20.9. The first-order chi connectivity index (χ1) is 17.2. The number of unbranched alkanes of at least 4 members (excludes halogenated alkanes) is 1. The molecule has 0 atom stereocenters. The highest BCUT2D eigenvalue weighted by molar-refractivity contribution is 6.14. The molecule has 0 unspecified atom stereocenters. The summed E-state index contributed by atoms with van der Waals surface area (Å²) in [5.74, 6) is -0.506. The van der Waals surface area contributed by atoms with E-state index in [0.29, 0.717) is 36.3 Å². The molecule has 0 spiro atoms. The fraction of sp³-hybridized carbons (Fsp3) is 0.333. The maximum atomic E-state index is 13.1. The Morgan fingerprint density at radius 2 is 1.72 bits per heavy atom. The van der Waals surface area contributed by atoms with Gasteiger partial charge in [-0.05, 0) is 24.5 Å². The van der Waals surface area contributed by atoms with Gasteiger partial charge in [0.15, 0.2) is 5.78 Å². The number of H-pyrrole nitrogens is 1. The lowest BCUT2D eigenvalue weighted by atomic mass is 10.0. The number of hydrogen-bond donors (Lipinski definition) is 3. The number of amides is 1. The van der Waals surface area contributed by atoms with Crippen LogP contribution >= 0.6 is 0 Å². The van der Waals surface area contributed by atoms with Crippen molar-refractivity contribution in [3.63, 3.8) is 0 Å². The number of anilines is 3. The summed E-state index contributed by atoms with van der Waals surface area (Å²) in [6.45, 7) is 6.43. The maximum absolute atomic E-state index is 13.1. The molecule has 0 aliphatic heterocycles. The third-order valence-electron chi connectivity index (χ3n) is 5.67. The minimum atomic E-state index is -0.640. The summed E-state index contributed by atoms with van der Waals surface area (Å²) in [7, 11) is 0. The predicted octanol–water partition coefficient (Wildman–Crippen LogP) is 3.25. The van der Waals surface area contributed by atoms with Gasteiger partial charge in [0, 0.05) is 24.2 Å². The van der Waals surface area contributed by atoms with Crippen LogP contribution in [0.5, 0.6) is 0 Å². The summed E-state index contributed by atoms with van der Waals surface area (Å²) in [6, 6.07) is 15.6. The molecule has 1 aromatic heterocycles. The number of aromatic amines is 1. The number of aromatic nitrogens is 2. The van der Waals surface area contributed by atoms with E-state index >= 15 is 0 Å². The number of para-hydroxylation sites is 1. The SMILES string of the molecule is CCCCn1c(N)c(N(CC(=O)Nc2ccccc2C(=O)c2ccccc2)CC(C)C)c(=O)[nH]c1=O. The molecule has 3 aromatic rings. The van der Waals surface area contributed by atoms with Crippen molar-refractivity contribution in [2.75, 3.05) is 29.0 Å². The number of nitrogens with two attached hydrogens (primary N) is 1. The molecule has 0 saturated carbocycles. The van der Waals surface area contributed by atoms with Crippen molar-refractivity contribution in [2.45, 2.75) is 40.2 Å². The normalized spacial score (nSPS) is 10.9. The van der Waals surface area contributed by atoms with Crippen LogP contribution in [0.1, 0.15) is 49.5 Å². The van der Waals surface area contributed by atoms with Gasteiger partial charge in [-0.1, -0.05) is 69.7 Å². The van der Waals surface area contributed by atoms with Gasteiger partial charge in [0.25, 0.3) is 5.56 Å². The van der Waals surface area contributed by atoms with Gasteiger partial charge < -0.3 is 16.0 Å². The molecule has 0 radical (unpaired) electrons. The van der Waals surface area contributed by atoms with Gasteiger partial charge in [-0.3, -0.25) is 23.9 Å². The van der Waals surface area contributed by atoms with Crippen molar-refractivity contribution >= 4 is 28.9 Å². The first kappa shape index (κ1) is 26.5. The molecule has 0 aliphatic carbocycles. The fourth-order valence-electron chi connectivity index (χ4n) is 4.00. The molecule has 0 fully saturated rings. The molecule has 36 heavy (non-hydrogen) atoms. The Balaban J connectivity index is 1.91. The van der Waals surface area contributed by atoms with Crippen molar-refractivity contribution in [2.24, 2.45) is 5.92 Å². The molecule has 1 heterocycles. The van der Waals surface area contributed by atoms with Crippen LogP contribution in [0, 0.1) is 5.92 Å². The monoisotopic (exact) mass is 491 g/mol. The Hall–Kier alpha value is -4.14. The molecule has 0 saturated heterocycles. The number of carbonyl (C=O) groups excluding carboxylic acids is 2. The van der Waals surface area contributed by atoms with Crippen LogP contribution in [0.3, 0.4) is 0 Å². The van der Waals surface area contributed by atoms with Crippen molar-refractivity contribution in [3.05, 3.63) is 86.6 Å². The van der Waals surface area contributed by atoms with E-state index in [1.165, 1.54) is 4.57 Å². The largest absolute Gasteiger partial charge is 0.383 e. The molecule has 1 amide bonds. The highest BCUT2D eigenvalue weighted by atomic mass is 16.2. The maximum Gasteiger partial charge on any atom is 0.330 e. The van der Waals surface area contributed by atoms with Crippen LogP contribution in [0.2, 0.25) is 0 Å². The number of carbonyl (C=O) groups is 2. The lowest BCUT2D eigenvalue weighted by Gasteiger charge is -2.27. The Labute approximate surface area is 210 Å². The second-order valence-corrected chi connectivity index (χ2v) is 9.06. The van der Waals surface area contributed by atoms with Crippen molar-refractivity contribution in [1.29, 1.82) is 0 Å². The van der Waals surface area contributed by atoms with E-state index in [0.717, 1.165) is 6.42 Å². The van der Waals surface area contributed by atoms with Gasteiger partial charge in [0.1, 0.15) is 11.5 Å². The van der Waals surface area contributed by atoms with E-state index in [4.69, 9.17) is 5.73 Å². The van der Waals surface area contributed by atoms with Crippen LogP contribution in [0.15, 0.2) is 64.2 Å². The lowest BCUT2D eigenvalue weighted by Crippen LogP contribution is -2.43. The third-order valence-corrected chi connectivity index (χ3v) is 5.67. The summed E-state index contributed by atoms with van der Waals surface area (Å²) in [5.41, 5.74) is 6.40. The predicted molar refractivity (Wildman–Crippen MR) is 143 cm³/mol. The van der Waals surface area contributed by atoms with Crippen LogP contribution in [0.25, 0.3) is 0 Å². The minimum Gasteiger partial charge on any atom is -0.383 e. The molecule has 4 N–H and O–H groups in total. The second-order valence-electron chi connectivity index (χ2n) is 9.06. The minimum absolute atomic E-state index is 0.0327. The Morgan fingerprint density at radius 1 is 1.06 bits per heavy atom. The Bertz CT molecular complexity index is 1330. The van der Waals surface area contributed by atoms with Crippen LogP contribution in [-0.2, 0) is 11.3 Å². The van der Waals surface area contributed by atoms with Crippen LogP contribution in [0.4, 0.5) is 17.2 Å². The zero-order chi connectivity index (χ0) is 26.2. The summed E-state index contributed by atoms with van der Waals surface area (Å²) < 4.78 is 1.33. The molecule has 0 bridgehead atoms. The molecule has 0 aliphatic rings. The molecular formula is C27H33N5O4. The van der Waals surface area contributed by atoms with Gasteiger partial charge >= 0.3 is 5.69 Å². The van der Waals surface area contributed by atoms with Gasteiger partial charge in [0.2, 0.25) is 5.91 Å². The topological polar surface area (TPSA) is 130 Å². The number of nitrogen functional groups attached to an aromatic ring is 1. The van der Waals surface area contributed by atoms with E-state index < -0.39 is 17.2 Å². The average Bonchev–Trinajstić information content (AvgIpc) is 2.83. The summed E-state index contributed by atoms with van der Waals surface area (Å²) in [6.07, 6.45) is 1.56. The molecule has 9 nitrogen and oxygen atoms in total. The zero-order valence-corrected chi connectivity index (χ0v) is 20.9. The van der Waals surface area contributed by atoms with E-state index in [1.54, 1.807) is 53.4 Å². The number of ketones is 1. The molecule has 9 heteroatoms. The average molecular weight is 492 g/mol. The lowest BCUT2D eigenvalue weighted by molar-refractivity contribution is -0.115. The molecular weight excluding hydrogens is 458 g/mol. The van der Waals surface area contributed by atoms with E-state index in [2.05, 4.69) is 10.3 Å². The number of hydrogen-bond acceptors (Lipinski definition) is 6. The summed E-state index contributed by atoms with van der Waals surface area (Å²) in [5, 5.41) is 2.81. The van der Waals surface area contributed by atoms with E-state index in [9.17, 15) is 19.2 Å².